The van der Waals surface area contributed by atoms with Gasteiger partial charge in [0.25, 0.3) is 0 Å². The molecule has 1 heterocycles. The van der Waals surface area contributed by atoms with Crippen LogP contribution in [0.25, 0.3) is 0 Å². The van der Waals surface area contributed by atoms with E-state index in [4.69, 9.17) is 4.74 Å². The Hall–Kier alpha value is 0.373. The van der Waals surface area contributed by atoms with Crippen molar-refractivity contribution in [2.45, 2.75) is 26.4 Å². The standard InChI is InChI=1S/C9H16NO2.BrH.Zn/c1-7-5-10(6-7)8(11)12-9(2,3)4;;/h7H,1,5-6H2,2-4H3;1H;/q-1;;+2/p-1. The van der Waals surface area contributed by atoms with Crippen molar-refractivity contribution in [3.8, 4) is 0 Å². The van der Waals surface area contributed by atoms with Gasteiger partial charge in [0.2, 0.25) is 0 Å². The van der Waals surface area contributed by atoms with E-state index in [9.17, 15) is 4.79 Å². The summed E-state index contributed by atoms with van der Waals surface area (Å²) in [6, 6.07) is 0. The Kier molecular flexibility index (Phi) is 6.23. The van der Waals surface area contributed by atoms with Crippen molar-refractivity contribution in [2.75, 3.05) is 13.1 Å². The third-order valence-corrected chi connectivity index (χ3v) is 1.61. The van der Waals surface area contributed by atoms with Gasteiger partial charge in [0, 0.05) is 13.1 Å². The van der Waals surface area contributed by atoms with E-state index in [0.29, 0.717) is 5.92 Å². The minimum absolute atomic E-state index is 0.220. The summed E-state index contributed by atoms with van der Waals surface area (Å²) in [7, 11) is 0. The van der Waals surface area contributed by atoms with Gasteiger partial charge >= 0.3 is 36.1 Å². The van der Waals surface area contributed by atoms with Gasteiger partial charge in [-0.05, 0) is 20.8 Å². The number of rotatable bonds is 0. The molecule has 1 aliphatic rings. The van der Waals surface area contributed by atoms with Crippen LogP contribution in [0.2, 0.25) is 0 Å². The van der Waals surface area contributed by atoms with Crippen LogP contribution in [0, 0.1) is 12.8 Å². The topological polar surface area (TPSA) is 29.5 Å². The number of ether oxygens (including phenoxy) is 1. The van der Waals surface area contributed by atoms with Gasteiger partial charge in [0.15, 0.2) is 0 Å². The molecule has 0 radical (unpaired) electrons. The minimum atomic E-state index is -0.386. The van der Waals surface area contributed by atoms with E-state index in [1.165, 1.54) is 16.3 Å². The molecule has 78 valence electrons. The fourth-order valence-corrected chi connectivity index (χ4v) is 1.05. The average Bonchev–Trinajstić information content (AvgIpc) is 1.99. The summed E-state index contributed by atoms with van der Waals surface area (Å²) in [6.07, 6.45) is -0.220. The van der Waals surface area contributed by atoms with Crippen molar-refractivity contribution >= 4 is 19.7 Å². The van der Waals surface area contributed by atoms with Crippen molar-refractivity contribution in [1.29, 1.82) is 0 Å². The van der Waals surface area contributed by atoms with Crippen molar-refractivity contribution in [3.05, 3.63) is 6.92 Å². The number of hydrogen-bond acceptors (Lipinski definition) is 2. The number of halogens is 1. The van der Waals surface area contributed by atoms with Gasteiger partial charge in [0.1, 0.15) is 5.60 Å². The van der Waals surface area contributed by atoms with E-state index in [1.807, 2.05) is 20.8 Å². The van der Waals surface area contributed by atoms with Gasteiger partial charge in [-0.25, -0.2) is 4.79 Å². The third kappa shape index (κ3) is 5.30. The number of likely N-dealkylation sites (tertiary alicyclic amines) is 1. The fraction of sp³-hybridized carbons (Fsp3) is 0.778. The van der Waals surface area contributed by atoms with Gasteiger partial charge in [0.05, 0.1) is 0 Å². The van der Waals surface area contributed by atoms with E-state index in [0.717, 1.165) is 13.1 Å². The zero-order valence-electron chi connectivity index (χ0n) is 9.05. The number of nitrogens with zero attached hydrogens (tertiary/aromatic N) is 1. The van der Waals surface area contributed by atoms with E-state index in [2.05, 4.69) is 20.5 Å². The molecular weight excluding hydrogens is 299 g/mol. The maximum absolute atomic E-state index is 11.3. The first kappa shape index (κ1) is 14.4. The maximum atomic E-state index is 11.3. The van der Waals surface area contributed by atoms with E-state index in [-0.39, 0.29) is 11.7 Å². The molecule has 0 saturated carbocycles. The second-order valence-corrected chi connectivity index (χ2v) is 4.25. The second kappa shape index (κ2) is 6.07. The summed E-state index contributed by atoms with van der Waals surface area (Å²) in [5.41, 5.74) is -0.386. The molecule has 14 heavy (non-hydrogen) atoms. The predicted octanol–water partition coefficient (Wildman–Crippen LogP) is 2.53. The molecule has 1 rings (SSSR count). The Balaban J connectivity index is 0.000000791. The molecule has 1 fully saturated rings. The van der Waals surface area contributed by atoms with Crippen LogP contribution in [-0.2, 0) is 21.1 Å². The first-order valence-electron chi connectivity index (χ1n) is 4.46. The molecule has 0 aromatic heterocycles. The molecule has 0 spiro atoms. The average molecular weight is 316 g/mol. The molecule has 0 aromatic carbocycles. The van der Waals surface area contributed by atoms with Gasteiger partial charge in [-0.1, -0.05) is 0 Å². The molecular formula is C9H16BrNO2Zn. The van der Waals surface area contributed by atoms with Crippen molar-refractivity contribution < 1.29 is 25.9 Å². The normalized spacial score (nSPS) is 16.6. The van der Waals surface area contributed by atoms with Crippen LogP contribution < -0.4 is 0 Å². The number of carbonyl (C=O) groups excluding carboxylic acids is 1. The molecule has 3 nitrogen and oxygen atoms in total. The molecule has 0 unspecified atom stereocenters. The van der Waals surface area contributed by atoms with Crippen LogP contribution in [0.1, 0.15) is 20.8 Å². The monoisotopic (exact) mass is 313 g/mol. The summed E-state index contributed by atoms with van der Waals surface area (Å²) >= 11 is 4.25. The molecule has 0 N–H and O–H groups in total. The quantitative estimate of drug-likeness (QED) is 0.508. The summed E-state index contributed by atoms with van der Waals surface area (Å²) < 4.78 is 5.15. The Bertz CT molecular complexity index is 188. The molecule has 0 atom stereocenters. The van der Waals surface area contributed by atoms with Gasteiger partial charge in [-0.2, -0.15) is 0 Å². The van der Waals surface area contributed by atoms with Crippen LogP contribution >= 0.6 is 13.6 Å². The van der Waals surface area contributed by atoms with Crippen molar-refractivity contribution in [3.63, 3.8) is 0 Å². The van der Waals surface area contributed by atoms with Crippen LogP contribution in [0.4, 0.5) is 4.79 Å². The molecule has 0 aromatic rings. The number of hydrogen-bond donors (Lipinski definition) is 0. The first-order valence-corrected chi connectivity index (χ1v) is 11.4. The predicted molar refractivity (Wildman–Crippen MR) is 55.6 cm³/mol. The number of amides is 1. The van der Waals surface area contributed by atoms with Gasteiger partial charge in [-0.3, -0.25) is 0 Å². The first-order chi connectivity index (χ1) is 6.38. The fourth-order valence-electron chi connectivity index (χ4n) is 1.05. The Morgan fingerprint density at radius 1 is 1.50 bits per heavy atom. The van der Waals surface area contributed by atoms with Crippen LogP contribution in [0.5, 0.6) is 0 Å². The summed E-state index contributed by atoms with van der Waals surface area (Å²) in [6.45, 7) is 10.9. The molecule has 0 aliphatic carbocycles. The van der Waals surface area contributed by atoms with E-state index >= 15 is 0 Å². The number of carbonyl (C=O) groups is 1. The zero-order valence-corrected chi connectivity index (χ0v) is 13.6. The van der Waals surface area contributed by atoms with Crippen molar-refractivity contribution in [1.82, 2.24) is 4.90 Å². The summed E-state index contributed by atoms with van der Waals surface area (Å²) in [5, 5.41) is 0. The molecule has 5 heteroatoms. The molecule has 1 amide bonds. The Labute approximate surface area is 103 Å². The van der Waals surface area contributed by atoms with Crippen LogP contribution in [0.15, 0.2) is 0 Å². The molecule has 1 aliphatic heterocycles. The summed E-state index contributed by atoms with van der Waals surface area (Å²) in [4.78, 5) is 12.9. The van der Waals surface area contributed by atoms with Crippen LogP contribution in [0.3, 0.4) is 0 Å². The second-order valence-electron chi connectivity index (χ2n) is 4.25. The van der Waals surface area contributed by atoms with E-state index < -0.39 is 0 Å². The third-order valence-electron chi connectivity index (χ3n) is 1.61. The van der Waals surface area contributed by atoms with Gasteiger partial charge < -0.3 is 16.6 Å². The van der Waals surface area contributed by atoms with Crippen LogP contribution in [-0.4, -0.2) is 29.7 Å². The summed E-state index contributed by atoms with van der Waals surface area (Å²) in [5.74, 6) is 0.387. The Morgan fingerprint density at radius 2 is 1.93 bits per heavy atom. The molecule has 1 saturated heterocycles. The van der Waals surface area contributed by atoms with E-state index in [1.54, 1.807) is 4.90 Å². The van der Waals surface area contributed by atoms with Crippen molar-refractivity contribution in [2.24, 2.45) is 5.92 Å². The van der Waals surface area contributed by atoms with Gasteiger partial charge in [-0.15, -0.1) is 5.92 Å². The SMILES string of the molecule is [CH2-]C1CN(C(=O)OC(C)(C)C)C1.[Zn+][Br]. The Morgan fingerprint density at radius 3 is 2.21 bits per heavy atom. The molecule has 0 bridgehead atoms. The zero-order chi connectivity index (χ0) is 11.4.